The van der Waals surface area contributed by atoms with E-state index in [4.69, 9.17) is 4.74 Å². The number of nitrogens with zero attached hydrogens (tertiary/aromatic N) is 2. The highest BCUT2D eigenvalue weighted by Gasteiger charge is 2.20. The number of hydrogen-bond donors (Lipinski definition) is 1. The fraction of sp³-hybridized carbons (Fsp3) is 0.350. The third-order valence-corrected chi connectivity index (χ3v) is 4.38. The highest BCUT2D eigenvalue weighted by atomic mass is 16.5. The lowest BCUT2D eigenvalue weighted by Crippen LogP contribution is -2.50. The van der Waals surface area contributed by atoms with Gasteiger partial charge in [0.1, 0.15) is 12.4 Å². The molecule has 5 nitrogen and oxygen atoms in total. The van der Waals surface area contributed by atoms with Gasteiger partial charge in [-0.15, -0.1) is 0 Å². The van der Waals surface area contributed by atoms with Crippen LogP contribution in [0.3, 0.4) is 0 Å². The summed E-state index contributed by atoms with van der Waals surface area (Å²) in [6.45, 7) is 6.80. The van der Waals surface area contributed by atoms with Crippen LogP contribution in [0.5, 0.6) is 5.75 Å². The fourth-order valence-electron chi connectivity index (χ4n) is 2.82. The summed E-state index contributed by atoms with van der Waals surface area (Å²) in [5.74, 6) is 0.901. The second-order valence-electron chi connectivity index (χ2n) is 6.29. The van der Waals surface area contributed by atoms with Crippen molar-refractivity contribution < 1.29 is 9.53 Å². The van der Waals surface area contributed by atoms with E-state index < -0.39 is 0 Å². The Morgan fingerprint density at radius 3 is 2.36 bits per heavy atom. The van der Waals surface area contributed by atoms with Crippen molar-refractivity contribution in [2.24, 2.45) is 0 Å². The van der Waals surface area contributed by atoms with Crippen molar-refractivity contribution in [1.82, 2.24) is 9.80 Å². The lowest BCUT2D eigenvalue weighted by Gasteiger charge is -2.34. The van der Waals surface area contributed by atoms with E-state index in [-0.39, 0.29) is 6.03 Å². The summed E-state index contributed by atoms with van der Waals surface area (Å²) >= 11 is 0. The second kappa shape index (κ2) is 8.53. The van der Waals surface area contributed by atoms with Crippen LogP contribution in [0.1, 0.15) is 5.56 Å². The normalized spacial score (nSPS) is 15.0. The average Bonchev–Trinajstić information content (AvgIpc) is 2.65. The lowest BCUT2D eigenvalue weighted by molar-refractivity contribution is 0.132. The Labute approximate surface area is 149 Å². The number of hydrogen-bond acceptors (Lipinski definition) is 3. The van der Waals surface area contributed by atoms with Crippen LogP contribution in [0.2, 0.25) is 0 Å². The number of rotatable bonds is 5. The number of aryl methyl sites for hydroxylation is 1. The van der Waals surface area contributed by atoms with Crippen molar-refractivity contribution in [3.05, 3.63) is 60.2 Å². The summed E-state index contributed by atoms with van der Waals surface area (Å²) in [5.41, 5.74) is 2.03. The summed E-state index contributed by atoms with van der Waals surface area (Å²) in [4.78, 5) is 16.5. The highest BCUT2D eigenvalue weighted by Crippen LogP contribution is 2.11. The molecule has 0 bridgehead atoms. The molecule has 3 rings (SSSR count). The molecule has 0 aliphatic carbocycles. The van der Waals surface area contributed by atoms with Gasteiger partial charge in [0.15, 0.2) is 0 Å². The van der Waals surface area contributed by atoms with E-state index in [1.807, 2.05) is 66.4 Å². The van der Waals surface area contributed by atoms with Crippen LogP contribution in [-0.2, 0) is 0 Å². The van der Waals surface area contributed by atoms with E-state index in [1.54, 1.807) is 0 Å². The predicted molar refractivity (Wildman–Crippen MR) is 100 cm³/mol. The summed E-state index contributed by atoms with van der Waals surface area (Å²) in [7, 11) is 0. The standard InChI is InChI=1S/C20H25N3O2/c1-17-7-9-18(10-8-17)21-20(24)23-13-11-22(12-14-23)15-16-25-19-5-3-2-4-6-19/h2-10H,11-16H2,1H3,(H,21,24). The quantitative estimate of drug-likeness (QED) is 0.910. The first-order valence-electron chi connectivity index (χ1n) is 8.73. The molecule has 1 saturated heterocycles. The van der Waals surface area contributed by atoms with Gasteiger partial charge in [0.05, 0.1) is 0 Å². The molecule has 0 saturated carbocycles. The lowest BCUT2D eigenvalue weighted by atomic mass is 10.2. The van der Waals surface area contributed by atoms with E-state index in [9.17, 15) is 4.79 Å². The van der Waals surface area contributed by atoms with Crippen LogP contribution >= 0.6 is 0 Å². The second-order valence-corrected chi connectivity index (χ2v) is 6.29. The van der Waals surface area contributed by atoms with E-state index in [1.165, 1.54) is 5.56 Å². The third-order valence-electron chi connectivity index (χ3n) is 4.38. The van der Waals surface area contributed by atoms with Gasteiger partial charge in [0.25, 0.3) is 0 Å². The molecule has 2 amide bonds. The van der Waals surface area contributed by atoms with Crippen LogP contribution in [0.15, 0.2) is 54.6 Å². The number of ether oxygens (including phenoxy) is 1. The third kappa shape index (κ3) is 5.22. The average molecular weight is 339 g/mol. The van der Waals surface area contributed by atoms with Crippen molar-refractivity contribution in [1.29, 1.82) is 0 Å². The molecule has 2 aromatic rings. The molecule has 25 heavy (non-hydrogen) atoms. The van der Waals surface area contributed by atoms with Crippen molar-refractivity contribution in [2.45, 2.75) is 6.92 Å². The zero-order chi connectivity index (χ0) is 17.5. The zero-order valence-corrected chi connectivity index (χ0v) is 14.6. The largest absolute Gasteiger partial charge is 0.492 e. The fourth-order valence-corrected chi connectivity index (χ4v) is 2.82. The van der Waals surface area contributed by atoms with E-state index >= 15 is 0 Å². The summed E-state index contributed by atoms with van der Waals surface area (Å²) < 4.78 is 5.74. The Hall–Kier alpha value is -2.53. The van der Waals surface area contributed by atoms with Gasteiger partial charge in [-0.3, -0.25) is 4.90 Å². The van der Waals surface area contributed by atoms with Gasteiger partial charge in [-0.1, -0.05) is 35.9 Å². The van der Waals surface area contributed by atoms with E-state index in [0.29, 0.717) is 6.61 Å². The number of carbonyl (C=O) groups is 1. The molecule has 1 heterocycles. The summed E-state index contributed by atoms with van der Waals surface area (Å²) in [6, 6.07) is 17.7. The maximum Gasteiger partial charge on any atom is 0.321 e. The topological polar surface area (TPSA) is 44.8 Å². The maximum atomic E-state index is 12.3. The Balaban J connectivity index is 1.37. The van der Waals surface area contributed by atoms with Gasteiger partial charge < -0.3 is 15.0 Å². The summed E-state index contributed by atoms with van der Waals surface area (Å²) in [6.07, 6.45) is 0. The smallest absolute Gasteiger partial charge is 0.321 e. The molecule has 2 aromatic carbocycles. The summed E-state index contributed by atoms with van der Waals surface area (Å²) in [5, 5.41) is 2.96. The molecule has 0 radical (unpaired) electrons. The first kappa shape index (κ1) is 17.3. The van der Waals surface area contributed by atoms with Crippen LogP contribution in [0.25, 0.3) is 0 Å². The molecule has 132 valence electrons. The Morgan fingerprint density at radius 1 is 1.00 bits per heavy atom. The first-order chi connectivity index (χ1) is 12.2. The Morgan fingerprint density at radius 2 is 1.68 bits per heavy atom. The van der Waals surface area contributed by atoms with E-state index in [0.717, 1.165) is 44.2 Å². The number of urea groups is 1. The molecular weight excluding hydrogens is 314 g/mol. The number of anilines is 1. The van der Waals surface area contributed by atoms with E-state index in [2.05, 4.69) is 10.2 Å². The van der Waals surface area contributed by atoms with Crippen LogP contribution in [0, 0.1) is 6.92 Å². The SMILES string of the molecule is Cc1ccc(NC(=O)N2CCN(CCOc3ccccc3)CC2)cc1. The van der Waals surface area contributed by atoms with Crippen LogP contribution < -0.4 is 10.1 Å². The van der Waals surface area contributed by atoms with Crippen molar-refractivity contribution in [2.75, 3.05) is 44.6 Å². The van der Waals surface area contributed by atoms with Gasteiger partial charge in [0.2, 0.25) is 0 Å². The van der Waals surface area contributed by atoms with Crippen molar-refractivity contribution >= 4 is 11.7 Å². The molecule has 1 aliphatic heterocycles. The Kier molecular flexibility index (Phi) is 5.90. The number of nitrogens with one attached hydrogen (secondary N) is 1. The number of carbonyl (C=O) groups excluding carboxylic acids is 1. The number of para-hydroxylation sites is 1. The minimum atomic E-state index is -0.0240. The minimum Gasteiger partial charge on any atom is -0.492 e. The van der Waals surface area contributed by atoms with Gasteiger partial charge >= 0.3 is 6.03 Å². The number of amides is 2. The highest BCUT2D eigenvalue weighted by molar-refractivity contribution is 5.89. The van der Waals surface area contributed by atoms with Gasteiger partial charge in [0, 0.05) is 38.4 Å². The van der Waals surface area contributed by atoms with Crippen molar-refractivity contribution in [3.63, 3.8) is 0 Å². The molecule has 0 atom stereocenters. The van der Waals surface area contributed by atoms with Crippen LogP contribution in [-0.4, -0.2) is 55.2 Å². The van der Waals surface area contributed by atoms with Gasteiger partial charge in [-0.05, 0) is 31.2 Å². The predicted octanol–water partition coefficient (Wildman–Crippen LogP) is 3.22. The van der Waals surface area contributed by atoms with Gasteiger partial charge in [-0.25, -0.2) is 4.79 Å². The molecule has 1 fully saturated rings. The molecule has 1 aliphatic rings. The first-order valence-corrected chi connectivity index (χ1v) is 8.73. The minimum absolute atomic E-state index is 0.0240. The van der Waals surface area contributed by atoms with Crippen molar-refractivity contribution in [3.8, 4) is 5.75 Å². The molecular formula is C20H25N3O2. The molecule has 5 heteroatoms. The maximum absolute atomic E-state index is 12.3. The molecule has 1 N–H and O–H groups in total. The monoisotopic (exact) mass is 339 g/mol. The number of benzene rings is 2. The molecule has 0 unspecified atom stereocenters. The molecule has 0 spiro atoms. The molecule has 0 aromatic heterocycles. The number of piperazine rings is 1. The zero-order valence-electron chi connectivity index (χ0n) is 14.6. The van der Waals surface area contributed by atoms with Crippen LogP contribution in [0.4, 0.5) is 10.5 Å². The van der Waals surface area contributed by atoms with Gasteiger partial charge in [-0.2, -0.15) is 0 Å². The Bertz CT molecular complexity index is 665.